The first-order chi connectivity index (χ1) is 22.2. The molecule has 0 aromatic heterocycles. The molecular formula is C34H56O13S. The van der Waals surface area contributed by atoms with Gasteiger partial charge in [-0.1, -0.05) is 52.8 Å². The second-order valence-corrected chi connectivity index (χ2v) is 17.1. The van der Waals surface area contributed by atoms with E-state index >= 15 is 0 Å². The van der Waals surface area contributed by atoms with E-state index in [1.54, 1.807) is 6.08 Å². The number of hydrogen-bond donors (Lipinski definition) is 8. The van der Waals surface area contributed by atoms with Crippen molar-refractivity contribution in [1.82, 2.24) is 0 Å². The quantitative estimate of drug-likeness (QED) is 0.124. The van der Waals surface area contributed by atoms with E-state index in [-0.39, 0.29) is 37.4 Å². The molecule has 1 saturated heterocycles. The summed E-state index contributed by atoms with van der Waals surface area (Å²) in [4.78, 5) is 0. The number of aliphatic hydroxyl groups excluding tert-OH is 6. The molecular weight excluding hydrogens is 648 g/mol. The molecule has 8 unspecified atom stereocenters. The Morgan fingerprint density at radius 1 is 1.04 bits per heavy atom. The molecule has 8 N–H and O–H groups in total. The molecule has 4 fully saturated rings. The maximum atomic E-state index is 12.9. The van der Waals surface area contributed by atoms with Crippen molar-refractivity contribution in [2.45, 2.75) is 115 Å². The van der Waals surface area contributed by atoms with Gasteiger partial charge in [-0.2, -0.15) is 8.42 Å². The van der Waals surface area contributed by atoms with Crippen LogP contribution < -0.4 is 0 Å². The Bertz CT molecular complexity index is 1350. The highest BCUT2D eigenvalue weighted by molar-refractivity contribution is 7.80. The van der Waals surface area contributed by atoms with Crippen molar-refractivity contribution in [3.05, 3.63) is 23.8 Å². The second-order valence-electron chi connectivity index (χ2n) is 16.0. The molecule has 5 aliphatic rings. The molecule has 48 heavy (non-hydrogen) atoms. The Balaban J connectivity index is 1.54. The van der Waals surface area contributed by atoms with Crippen molar-refractivity contribution in [2.75, 3.05) is 20.3 Å². The SMILES string of the molecule is COC1(C2C=C3[C@H](O)C[C@]4(O)C(CC[C@@]5(C)C4C(OS(=O)(=O)O)[C@H](O)[C@@H]5[C@H](C)/C=C/[C@H](CO)C(C)C)[C@@]3(C)CC2)OCC(O)C(O)C1O. The molecule has 0 aromatic carbocycles. The zero-order chi connectivity index (χ0) is 35.8. The maximum Gasteiger partial charge on any atom is 0.397 e. The topological polar surface area (TPSA) is 224 Å². The fourth-order valence-corrected chi connectivity index (χ4v) is 11.4. The zero-order valence-corrected chi connectivity index (χ0v) is 29.5. The third-order valence-electron chi connectivity index (χ3n) is 13.3. The molecule has 0 amide bonds. The van der Waals surface area contributed by atoms with E-state index in [1.165, 1.54) is 7.11 Å². The van der Waals surface area contributed by atoms with Crippen molar-refractivity contribution in [3.8, 4) is 0 Å². The number of rotatable bonds is 9. The van der Waals surface area contributed by atoms with E-state index in [0.717, 1.165) is 0 Å². The molecule has 3 saturated carbocycles. The van der Waals surface area contributed by atoms with Gasteiger partial charge in [-0.3, -0.25) is 4.55 Å². The highest BCUT2D eigenvalue weighted by Gasteiger charge is 2.73. The molecule has 1 heterocycles. The summed E-state index contributed by atoms with van der Waals surface area (Å²) in [5.41, 5.74) is -2.79. The summed E-state index contributed by atoms with van der Waals surface area (Å²) < 4.78 is 51.1. The van der Waals surface area contributed by atoms with Crippen LogP contribution in [0.5, 0.6) is 0 Å². The van der Waals surface area contributed by atoms with Gasteiger partial charge in [-0.15, -0.1) is 0 Å². The number of allylic oxidation sites excluding steroid dienone is 1. The maximum absolute atomic E-state index is 12.9. The van der Waals surface area contributed by atoms with Gasteiger partial charge in [0.15, 0.2) is 0 Å². The third-order valence-corrected chi connectivity index (χ3v) is 13.7. The molecule has 13 nitrogen and oxygen atoms in total. The minimum atomic E-state index is -5.05. The van der Waals surface area contributed by atoms with Crippen molar-refractivity contribution in [1.29, 1.82) is 0 Å². The van der Waals surface area contributed by atoms with Gasteiger partial charge in [0.25, 0.3) is 0 Å². The average Bonchev–Trinajstić information content (AvgIpc) is 3.21. The van der Waals surface area contributed by atoms with Gasteiger partial charge in [-0.25, -0.2) is 4.18 Å². The molecule has 14 heteroatoms. The van der Waals surface area contributed by atoms with Crippen LogP contribution in [0.15, 0.2) is 23.8 Å². The molecule has 1 aliphatic heterocycles. The molecule has 0 aromatic rings. The van der Waals surface area contributed by atoms with E-state index in [0.29, 0.717) is 31.3 Å². The van der Waals surface area contributed by atoms with Crippen LogP contribution in [0.1, 0.15) is 66.7 Å². The normalized spacial score (nSPS) is 49.3. The van der Waals surface area contributed by atoms with Crippen LogP contribution in [-0.4, -0.2) is 117 Å². The van der Waals surface area contributed by atoms with Crippen molar-refractivity contribution < 1.29 is 62.4 Å². The average molecular weight is 705 g/mol. The van der Waals surface area contributed by atoms with E-state index in [1.807, 2.05) is 46.8 Å². The fourth-order valence-electron chi connectivity index (χ4n) is 10.9. The standard InChI is InChI=1S/C34H56O13S/c1-17(2)19(15-35)8-7-18(3)25-27(39)28(47-48(42,43)44)29-32(25,5)12-10-24-31(4)11-9-20(13-21(31)22(36)14-33(24,29)41)34(45-6)30(40)26(38)23(37)16-46-34/h7-8,13,17-20,22-30,35-41H,9-12,14-16H2,1-6H3,(H,42,43,44)/b8-7+/t18-,19-,20?,22-,23?,24?,25+,26?,27-,28?,29?,30?,31+,32-,33+,34?/m1/s1. The van der Waals surface area contributed by atoms with Crippen molar-refractivity contribution in [3.63, 3.8) is 0 Å². The Hall–Kier alpha value is -1.01. The van der Waals surface area contributed by atoms with Gasteiger partial charge in [0.1, 0.15) is 24.4 Å². The lowest BCUT2D eigenvalue weighted by Crippen LogP contribution is -2.68. The van der Waals surface area contributed by atoms with Gasteiger partial charge in [0.05, 0.1) is 24.4 Å². The monoisotopic (exact) mass is 704 g/mol. The molecule has 0 radical (unpaired) electrons. The van der Waals surface area contributed by atoms with Gasteiger partial charge in [0.2, 0.25) is 5.79 Å². The molecule has 5 rings (SSSR count). The zero-order valence-electron chi connectivity index (χ0n) is 28.7. The van der Waals surface area contributed by atoms with Crippen molar-refractivity contribution >= 4 is 10.4 Å². The summed E-state index contributed by atoms with van der Waals surface area (Å²) in [5.74, 6) is -4.68. The Morgan fingerprint density at radius 3 is 2.29 bits per heavy atom. The van der Waals surface area contributed by atoms with E-state index in [2.05, 4.69) is 0 Å². The van der Waals surface area contributed by atoms with Crippen LogP contribution >= 0.6 is 0 Å². The lowest BCUT2D eigenvalue weighted by molar-refractivity contribution is -0.348. The van der Waals surface area contributed by atoms with Crippen LogP contribution in [0.3, 0.4) is 0 Å². The van der Waals surface area contributed by atoms with Crippen molar-refractivity contribution in [2.24, 2.45) is 52.3 Å². The molecule has 0 spiro atoms. The predicted octanol–water partition coefficient (Wildman–Crippen LogP) is 0.948. The number of fused-ring (bicyclic) bond motifs is 5. The number of aliphatic hydroxyl groups is 7. The van der Waals surface area contributed by atoms with Crippen LogP contribution in [-0.2, 0) is 24.1 Å². The third kappa shape index (κ3) is 5.95. The van der Waals surface area contributed by atoms with E-state index < -0.39 is 92.9 Å². The van der Waals surface area contributed by atoms with Gasteiger partial charge in [-0.05, 0) is 65.8 Å². The van der Waals surface area contributed by atoms with Gasteiger partial charge in [0, 0.05) is 37.9 Å². The lowest BCUT2D eigenvalue weighted by Gasteiger charge is -2.64. The van der Waals surface area contributed by atoms with Crippen LogP contribution in [0.4, 0.5) is 0 Å². The lowest BCUT2D eigenvalue weighted by atomic mass is 9.43. The summed E-state index contributed by atoms with van der Waals surface area (Å²) in [6, 6.07) is 0. The number of ether oxygens (including phenoxy) is 2. The number of methoxy groups -OCH3 is 1. The molecule has 16 atom stereocenters. The summed E-state index contributed by atoms with van der Waals surface area (Å²) in [5, 5.41) is 78.0. The molecule has 4 aliphatic carbocycles. The summed E-state index contributed by atoms with van der Waals surface area (Å²) in [6.07, 6.45) is -1.35. The Morgan fingerprint density at radius 2 is 1.71 bits per heavy atom. The summed E-state index contributed by atoms with van der Waals surface area (Å²) in [6.45, 7) is 9.40. The first kappa shape index (κ1) is 38.2. The smallest absolute Gasteiger partial charge is 0.396 e. The molecule has 0 bridgehead atoms. The highest BCUT2D eigenvalue weighted by Crippen LogP contribution is 2.70. The van der Waals surface area contributed by atoms with E-state index in [9.17, 15) is 48.7 Å². The van der Waals surface area contributed by atoms with Gasteiger partial charge >= 0.3 is 10.4 Å². The largest absolute Gasteiger partial charge is 0.397 e. The second kappa shape index (κ2) is 13.2. The van der Waals surface area contributed by atoms with Crippen LogP contribution in [0.25, 0.3) is 0 Å². The summed E-state index contributed by atoms with van der Waals surface area (Å²) in [7, 11) is -3.71. The fraction of sp³-hybridized carbons (Fsp3) is 0.882. The highest BCUT2D eigenvalue weighted by atomic mass is 32.3. The van der Waals surface area contributed by atoms with Crippen LogP contribution in [0.2, 0.25) is 0 Å². The Kier molecular flexibility index (Phi) is 10.5. The summed E-state index contributed by atoms with van der Waals surface area (Å²) >= 11 is 0. The number of hydrogen-bond acceptors (Lipinski definition) is 12. The Labute approximate surface area is 283 Å². The van der Waals surface area contributed by atoms with Crippen LogP contribution in [0, 0.1) is 52.3 Å². The first-order valence-electron chi connectivity index (χ1n) is 17.2. The minimum absolute atomic E-state index is 0.0593. The first-order valence-corrected chi connectivity index (χ1v) is 18.6. The molecule has 276 valence electrons. The van der Waals surface area contributed by atoms with E-state index in [4.69, 9.17) is 13.7 Å². The minimum Gasteiger partial charge on any atom is -0.396 e. The van der Waals surface area contributed by atoms with Gasteiger partial charge < -0.3 is 45.2 Å². The predicted molar refractivity (Wildman–Crippen MR) is 172 cm³/mol.